The second-order valence-corrected chi connectivity index (χ2v) is 7.71. The average Bonchev–Trinajstić information content (AvgIpc) is 3.14. The van der Waals surface area contributed by atoms with E-state index < -0.39 is 0 Å². The maximum Gasteiger partial charge on any atom is 0.236 e. The van der Waals surface area contributed by atoms with Gasteiger partial charge in [-0.3, -0.25) is 4.79 Å². The highest BCUT2D eigenvalue weighted by atomic mass is 32.2. The van der Waals surface area contributed by atoms with Crippen molar-refractivity contribution in [2.45, 2.75) is 19.0 Å². The van der Waals surface area contributed by atoms with Gasteiger partial charge in [-0.1, -0.05) is 23.9 Å². The van der Waals surface area contributed by atoms with E-state index >= 15 is 0 Å². The highest BCUT2D eigenvalue weighted by Gasteiger charge is 2.16. The topological polar surface area (TPSA) is 81.9 Å². The van der Waals surface area contributed by atoms with Gasteiger partial charge in [-0.05, 0) is 26.0 Å². The molecule has 0 fully saturated rings. The third-order valence-corrected chi connectivity index (χ3v) is 5.80. The molecule has 26 heavy (non-hydrogen) atoms. The van der Waals surface area contributed by atoms with Gasteiger partial charge < -0.3 is 14.6 Å². The summed E-state index contributed by atoms with van der Waals surface area (Å²) in [7, 11) is 3.49. The maximum atomic E-state index is 12.2. The number of aromatic nitrogens is 4. The summed E-state index contributed by atoms with van der Waals surface area (Å²) in [6.07, 6.45) is 0. The van der Waals surface area contributed by atoms with Gasteiger partial charge in [0.05, 0.1) is 24.1 Å². The van der Waals surface area contributed by atoms with Gasteiger partial charge in [0.2, 0.25) is 5.91 Å². The first-order valence-corrected chi connectivity index (χ1v) is 9.69. The number of aryl methyl sites for hydroxylation is 2. The molecule has 0 bridgehead atoms. The van der Waals surface area contributed by atoms with Crippen LogP contribution in [0.4, 0.5) is 5.13 Å². The first-order valence-electron chi connectivity index (χ1n) is 7.89. The smallest absolute Gasteiger partial charge is 0.236 e. The molecule has 1 aromatic carbocycles. The Morgan fingerprint density at radius 3 is 2.77 bits per heavy atom. The number of anilines is 1. The molecule has 1 amide bonds. The number of thiazole rings is 1. The summed E-state index contributed by atoms with van der Waals surface area (Å²) in [5.74, 6) is 1.53. The van der Waals surface area contributed by atoms with Crippen LogP contribution in [0.3, 0.4) is 0 Å². The van der Waals surface area contributed by atoms with Crippen molar-refractivity contribution in [1.82, 2.24) is 19.7 Å². The molecule has 3 rings (SSSR count). The van der Waals surface area contributed by atoms with Crippen LogP contribution in [0.25, 0.3) is 11.4 Å². The fourth-order valence-corrected chi connectivity index (χ4v) is 3.86. The number of carbonyl (C=O) groups is 1. The molecule has 0 aliphatic rings. The Morgan fingerprint density at radius 1 is 1.31 bits per heavy atom. The van der Waals surface area contributed by atoms with Crippen LogP contribution < -0.4 is 10.1 Å². The van der Waals surface area contributed by atoms with Crippen LogP contribution >= 0.6 is 23.1 Å². The SMILES string of the molecule is COc1ccccc1-c1nnc(SCC(=O)Nc2nc(C)c(C)s2)n1C. The molecule has 0 atom stereocenters. The zero-order chi connectivity index (χ0) is 18.7. The molecule has 0 unspecified atom stereocenters. The van der Waals surface area contributed by atoms with Crippen molar-refractivity contribution in [3.05, 3.63) is 34.8 Å². The van der Waals surface area contributed by atoms with Gasteiger partial charge in [0, 0.05) is 11.9 Å². The maximum absolute atomic E-state index is 12.2. The van der Waals surface area contributed by atoms with Gasteiger partial charge in [0.25, 0.3) is 0 Å². The van der Waals surface area contributed by atoms with E-state index in [1.807, 2.05) is 49.7 Å². The Morgan fingerprint density at radius 2 is 2.08 bits per heavy atom. The minimum absolute atomic E-state index is 0.120. The fraction of sp³-hybridized carbons (Fsp3) is 0.294. The van der Waals surface area contributed by atoms with E-state index in [0.717, 1.165) is 21.9 Å². The van der Waals surface area contributed by atoms with Crippen LogP contribution in [0.15, 0.2) is 29.4 Å². The van der Waals surface area contributed by atoms with Gasteiger partial charge in [-0.25, -0.2) is 4.98 Å². The van der Waals surface area contributed by atoms with Crippen LogP contribution in [-0.2, 0) is 11.8 Å². The number of nitrogens with one attached hydrogen (secondary N) is 1. The molecule has 3 aromatic rings. The molecule has 0 saturated heterocycles. The van der Waals surface area contributed by atoms with Gasteiger partial charge in [-0.2, -0.15) is 0 Å². The van der Waals surface area contributed by atoms with E-state index in [4.69, 9.17) is 4.74 Å². The highest BCUT2D eigenvalue weighted by molar-refractivity contribution is 7.99. The van der Waals surface area contributed by atoms with Crippen LogP contribution in [0.5, 0.6) is 5.75 Å². The summed E-state index contributed by atoms with van der Waals surface area (Å²) in [6.45, 7) is 3.91. The largest absolute Gasteiger partial charge is 0.496 e. The van der Waals surface area contributed by atoms with Crippen molar-refractivity contribution in [1.29, 1.82) is 0 Å². The lowest BCUT2D eigenvalue weighted by molar-refractivity contribution is -0.113. The number of nitrogens with zero attached hydrogens (tertiary/aromatic N) is 4. The minimum atomic E-state index is -0.120. The van der Waals surface area contributed by atoms with E-state index in [-0.39, 0.29) is 11.7 Å². The lowest BCUT2D eigenvalue weighted by atomic mass is 10.2. The molecule has 0 radical (unpaired) electrons. The molecule has 0 aliphatic heterocycles. The molecule has 0 saturated carbocycles. The molecule has 2 aromatic heterocycles. The third-order valence-electron chi connectivity index (χ3n) is 3.79. The van der Waals surface area contributed by atoms with Crippen molar-refractivity contribution in [3.63, 3.8) is 0 Å². The molecule has 0 aliphatic carbocycles. The third kappa shape index (κ3) is 3.88. The number of methoxy groups -OCH3 is 1. The van der Waals surface area contributed by atoms with E-state index in [1.54, 1.807) is 7.11 Å². The molecule has 1 N–H and O–H groups in total. The van der Waals surface area contributed by atoms with Gasteiger partial charge >= 0.3 is 0 Å². The second kappa shape index (κ2) is 7.88. The van der Waals surface area contributed by atoms with Crippen LogP contribution in [0.1, 0.15) is 10.6 Å². The second-order valence-electron chi connectivity index (χ2n) is 5.56. The fourth-order valence-electron chi connectivity index (χ4n) is 2.32. The first-order chi connectivity index (χ1) is 12.5. The predicted octanol–water partition coefficient (Wildman–Crippen LogP) is 3.29. The van der Waals surface area contributed by atoms with Crippen LogP contribution in [0.2, 0.25) is 0 Å². The Labute approximate surface area is 159 Å². The first kappa shape index (κ1) is 18.4. The standard InChI is InChI=1S/C17H19N5O2S2/c1-10-11(2)26-16(18-10)19-14(23)9-25-17-21-20-15(22(17)3)12-7-5-6-8-13(12)24-4/h5-8H,9H2,1-4H3,(H,18,19,23). The van der Waals surface area contributed by atoms with E-state index in [9.17, 15) is 4.79 Å². The van der Waals surface area contributed by atoms with E-state index in [0.29, 0.717) is 16.1 Å². The number of hydrogen-bond donors (Lipinski definition) is 1. The lowest BCUT2D eigenvalue weighted by Crippen LogP contribution is -2.14. The molecule has 0 spiro atoms. The molecule has 7 nitrogen and oxygen atoms in total. The Balaban J connectivity index is 1.68. The summed E-state index contributed by atoms with van der Waals surface area (Å²) in [6, 6.07) is 7.63. The van der Waals surface area contributed by atoms with Gasteiger partial charge in [-0.15, -0.1) is 21.5 Å². The van der Waals surface area contributed by atoms with Gasteiger partial charge in [0.15, 0.2) is 16.1 Å². The number of amides is 1. The van der Waals surface area contributed by atoms with Crippen molar-refractivity contribution in [2.24, 2.45) is 7.05 Å². The lowest BCUT2D eigenvalue weighted by Gasteiger charge is -2.08. The number of thioether (sulfide) groups is 1. The van der Waals surface area contributed by atoms with Crippen molar-refractivity contribution < 1.29 is 9.53 Å². The van der Waals surface area contributed by atoms with Crippen molar-refractivity contribution in [3.8, 4) is 17.1 Å². The number of ether oxygens (including phenoxy) is 1. The monoisotopic (exact) mass is 389 g/mol. The summed E-state index contributed by atoms with van der Waals surface area (Å²) in [5.41, 5.74) is 1.79. The number of para-hydroxylation sites is 1. The summed E-state index contributed by atoms with van der Waals surface area (Å²) >= 11 is 2.80. The van der Waals surface area contributed by atoms with Crippen LogP contribution in [-0.4, -0.2) is 38.5 Å². The quantitative estimate of drug-likeness (QED) is 0.652. The summed E-state index contributed by atoms with van der Waals surface area (Å²) in [4.78, 5) is 17.6. The van der Waals surface area contributed by atoms with E-state index in [2.05, 4.69) is 20.5 Å². The van der Waals surface area contributed by atoms with Crippen molar-refractivity contribution in [2.75, 3.05) is 18.2 Å². The average molecular weight is 390 g/mol. The molecule has 136 valence electrons. The predicted molar refractivity (Wildman–Crippen MR) is 104 cm³/mol. The van der Waals surface area contributed by atoms with E-state index in [1.165, 1.54) is 23.1 Å². The Hall–Kier alpha value is -2.39. The number of carbonyl (C=O) groups excluding carboxylic acids is 1. The summed E-state index contributed by atoms with van der Waals surface area (Å²) in [5, 5.41) is 12.5. The normalized spacial score (nSPS) is 10.8. The zero-order valence-electron chi connectivity index (χ0n) is 14.9. The summed E-state index contributed by atoms with van der Waals surface area (Å²) < 4.78 is 7.24. The molecular weight excluding hydrogens is 370 g/mol. The Bertz CT molecular complexity index is 916. The number of hydrogen-bond acceptors (Lipinski definition) is 7. The Kier molecular flexibility index (Phi) is 5.58. The molecule has 2 heterocycles. The highest BCUT2D eigenvalue weighted by Crippen LogP contribution is 2.30. The van der Waals surface area contributed by atoms with Gasteiger partial charge in [0.1, 0.15) is 5.75 Å². The zero-order valence-corrected chi connectivity index (χ0v) is 16.6. The van der Waals surface area contributed by atoms with Crippen LogP contribution in [0, 0.1) is 13.8 Å². The number of rotatable bonds is 6. The molecular formula is C17H19N5O2S2. The number of benzene rings is 1. The van der Waals surface area contributed by atoms with Crippen molar-refractivity contribution >= 4 is 34.1 Å². The minimum Gasteiger partial charge on any atom is -0.496 e. The molecule has 9 heteroatoms.